The summed E-state index contributed by atoms with van der Waals surface area (Å²) in [6.07, 6.45) is 0. The van der Waals surface area contributed by atoms with Gasteiger partial charge in [-0.3, -0.25) is 9.59 Å². The molecule has 1 aromatic carbocycles. The number of H-pyrrole nitrogens is 1. The lowest BCUT2D eigenvalue weighted by Gasteiger charge is -2.07. The van der Waals surface area contributed by atoms with Crippen molar-refractivity contribution in [2.75, 3.05) is 11.1 Å². The van der Waals surface area contributed by atoms with Crippen molar-refractivity contribution in [2.45, 2.75) is 5.16 Å². The summed E-state index contributed by atoms with van der Waals surface area (Å²) in [4.78, 5) is 40.0. The van der Waals surface area contributed by atoms with E-state index in [9.17, 15) is 19.5 Å². The molecule has 2 rings (SSSR count). The Labute approximate surface area is 128 Å². The van der Waals surface area contributed by atoms with Gasteiger partial charge < -0.3 is 20.5 Å². The van der Waals surface area contributed by atoms with Crippen molar-refractivity contribution < 1.29 is 19.8 Å². The Hall–Kier alpha value is -2.81. The molecule has 4 N–H and O–H groups in total. The number of rotatable bonds is 5. The van der Waals surface area contributed by atoms with E-state index in [1.165, 1.54) is 12.1 Å². The van der Waals surface area contributed by atoms with Crippen LogP contribution in [0.25, 0.3) is 0 Å². The van der Waals surface area contributed by atoms with Gasteiger partial charge in [0, 0.05) is 0 Å². The Bertz CT molecular complexity index is 774. The van der Waals surface area contributed by atoms with Gasteiger partial charge in [0.25, 0.3) is 5.56 Å². The number of hydrogen-bond acceptors (Lipinski definition) is 6. The van der Waals surface area contributed by atoms with Crippen molar-refractivity contribution in [3.63, 3.8) is 0 Å². The van der Waals surface area contributed by atoms with Gasteiger partial charge in [-0.2, -0.15) is 4.98 Å². The second-order valence-electron chi connectivity index (χ2n) is 4.10. The van der Waals surface area contributed by atoms with Gasteiger partial charge in [-0.15, -0.1) is 0 Å². The molecule has 0 aliphatic rings. The van der Waals surface area contributed by atoms with Crippen molar-refractivity contribution in [1.82, 2.24) is 9.97 Å². The number of anilines is 1. The normalized spacial score (nSPS) is 10.2. The number of benzene rings is 1. The summed E-state index contributed by atoms with van der Waals surface area (Å²) in [5, 5.41) is 20.8. The SMILES string of the molecule is O=C(CSc1nc(O)cc(=O)[nH]1)Nc1ccccc1C(=O)O. The number of nitrogens with zero attached hydrogens (tertiary/aromatic N) is 1. The van der Waals surface area contributed by atoms with Crippen molar-refractivity contribution >= 4 is 29.3 Å². The molecule has 114 valence electrons. The number of aromatic amines is 1. The van der Waals surface area contributed by atoms with Gasteiger partial charge in [0.05, 0.1) is 23.1 Å². The average Bonchev–Trinajstić information content (AvgIpc) is 2.44. The lowest BCUT2D eigenvalue weighted by atomic mass is 10.2. The maximum absolute atomic E-state index is 11.8. The van der Waals surface area contributed by atoms with Crippen LogP contribution in [0.3, 0.4) is 0 Å². The fourth-order valence-electron chi connectivity index (χ4n) is 1.59. The number of nitrogens with one attached hydrogen (secondary N) is 2. The molecule has 0 fully saturated rings. The molecule has 0 radical (unpaired) electrons. The molecule has 2 aromatic rings. The third-order valence-electron chi connectivity index (χ3n) is 2.48. The van der Waals surface area contributed by atoms with Crippen molar-refractivity contribution in [2.24, 2.45) is 0 Å². The molecule has 9 heteroatoms. The minimum absolute atomic E-state index is 0.0234. The van der Waals surface area contributed by atoms with Crippen LogP contribution in [0.4, 0.5) is 5.69 Å². The van der Waals surface area contributed by atoms with Crippen LogP contribution in [0.2, 0.25) is 0 Å². The molecule has 0 aliphatic heterocycles. The van der Waals surface area contributed by atoms with Crippen LogP contribution in [-0.2, 0) is 4.79 Å². The summed E-state index contributed by atoms with van der Waals surface area (Å²) in [6, 6.07) is 6.91. The van der Waals surface area contributed by atoms with Crippen LogP contribution in [0, 0.1) is 0 Å². The number of amides is 1. The van der Waals surface area contributed by atoms with E-state index >= 15 is 0 Å². The first-order valence-electron chi connectivity index (χ1n) is 6.01. The smallest absolute Gasteiger partial charge is 0.337 e. The first kappa shape index (κ1) is 15.6. The monoisotopic (exact) mass is 321 g/mol. The number of para-hydroxylation sites is 1. The first-order chi connectivity index (χ1) is 10.5. The number of carboxylic acid groups (broad SMARTS) is 1. The summed E-state index contributed by atoms with van der Waals surface area (Å²) in [6.45, 7) is 0. The zero-order chi connectivity index (χ0) is 16.1. The van der Waals surface area contributed by atoms with E-state index in [0.29, 0.717) is 0 Å². The Balaban J connectivity index is 2.02. The van der Waals surface area contributed by atoms with Crippen LogP contribution in [-0.4, -0.2) is 37.8 Å². The number of carboxylic acids is 1. The lowest BCUT2D eigenvalue weighted by Crippen LogP contribution is -2.17. The van der Waals surface area contributed by atoms with Crippen molar-refractivity contribution in [3.8, 4) is 5.88 Å². The molecule has 1 heterocycles. The van der Waals surface area contributed by atoms with E-state index < -0.39 is 23.3 Å². The van der Waals surface area contributed by atoms with Gasteiger partial charge in [0.1, 0.15) is 0 Å². The second kappa shape index (κ2) is 6.76. The molecule has 0 saturated heterocycles. The summed E-state index contributed by atoms with van der Waals surface area (Å²) in [5.41, 5.74) is -0.380. The molecule has 0 bridgehead atoms. The van der Waals surface area contributed by atoms with Gasteiger partial charge in [-0.25, -0.2) is 4.79 Å². The summed E-state index contributed by atoms with van der Waals surface area (Å²) < 4.78 is 0. The zero-order valence-electron chi connectivity index (χ0n) is 11.1. The number of aromatic carboxylic acids is 1. The number of aromatic hydroxyl groups is 1. The Morgan fingerprint density at radius 2 is 2.05 bits per heavy atom. The van der Waals surface area contributed by atoms with Gasteiger partial charge in [0.2, 0.25) is 11.8 Å². The fraction of sp³-hybridized carbons (Fsp3) is 0.0769. The third-order valence-corrected chi connectivity index (χ3v) is 3.35. The van der Waals surface area contributed by atoms with Gasteiger partial charge >= 0.3 is 5.97 Å². The highest BCUT2D eigenvalue weighted by atomic mass is 32.2. The summed E-state index contributed by atoms with van der Waals surface area (Å²) in [7, 11) is 0. The Kier molecular flexibility index (Phi) is 4.79. The molecular formula is C13H11N3O5S. The molecular weight excluding hydrogens is 310 g/mol. The molecule has 0 unspecified atom stereocenters. The highest BCUT2D eigenvalue weighted by Gasteiger charge is 2.12. The summed E-state index contributed by atoms with van der Waals surface area (Å²) >= 11 is 0.904. The van der Waals surface area contributed by atoms with Gasteiger partial charge in [0.15, 0.2) is 5.16 Å². The van der Waals surface area contributed by atoms with Crippen molar-refractivity contribution in [1.29, 1.82) is 0 Å². The largest absolute Gasteiger partial charge is 0.493 e. The summed E-state index contributed by atoms with van der Waals surface area (Å²) in [5.74, 6) is -2.17. The lowest BCUT2D eigenvalue weighted by molar-refractivity contribution is -0.113. The molecule has 0 atom stereocenters. The van der Waals surface area contributed by atoms with Crippen LogP contribution < -0.4 is 10.9 Å². The third kappa shape index (κ3) is 4.09. The number of thioether (sulfide) groups is 1. The maximum atomic E-state index is 11.8. The van der Waals surface area contributed by atoms with Crippen LogP contribution >= 0.6 is 11.8 Å². The highest BCUT2D eigenvalue weighted by Crippen LogP contribution is 2.17. The predicted molar refractivity (Wildman–Crippen MR) is 79.3 cm³/mol. The first-order valence-corrected chi connectivity index (χ1v) is 6.99. The Morgan fingerprint density at radius 3 is 2.73 bits per heavy atom. The van der Waals surface area contributed by atoms with E-state index in [-0.39, 0.29) is 22.2 Å². The quantitative estimate of drug-likeness (QED) is 0.475. The van der Waals surface area contributed by atoms with Crippen LogP contribution in [0.1, 0.15) is 10.4 Å². The maximum Gasteiger partial charge on any atom is 0.337 e. The standard InChI is InChI=1S/C13H11N3O5S/c17-9-5-10(18)16-13(15-9)22-6-11(19)14-8-4-2-1-3-7(8)12(20)21/h1-5H,6H2,(H,14,19)(H,20,21)(H2,15,16,17,18). The van der Waals surface area contributed by atoms with Gasteiger partial charge in [-0.1, -0.05) is 23.9 Å². The molecule has 0 spiro atoms. The molecule has 1 amide bonds. The van der Waals surface area contributed by atoms with E-state index in [1.807, 2.05) is 0 Å². The molecule has 0 saturated carbocycles. The number of hydrogen-bond donors (Lipinski definition) is 4. The minimum atomic E-state index is -1.15. The van der Waals surface area contributed by atoms with E-state index in [2.05, 4.69) is 15.3 Å². The molecule has 8 nitrogen and oxygen atoms in total. The second-order valence-corrected chi connectivity index (χ2v) is 5.06. The Morgan fingerprint density at radius 1 is 1.32 bits per heavy atom. The van der Waals surface area contributed by atoms with Crippen LogP contribution in [0.5, 0.6) is 5.88 Å². The van der Waals surface area contributed by atoms with E-state index in [1.54, 1.807) is 12.1 Å². The number of aromatic nitrogens is 2. The number of carbonyl (C=O) groups is 2. The fourth-order valence-corrected chi connectivity index (χ4v) is 2.26. The molecule has 1 aromatic heterocycles. The topological polar surface area (TPSA) is 132 Å². The van der Waals surface area contributed by atoms with Gasteiger partial charge in [-0.05, 0) is 12.1 Å². The predicted octanol–water partition coefficient (Wildman–Crippen LogP) is 0.904. The van der Waals surface area contributed by atoms with Crippen LogP contribution in [0.15, 0.2) is 40.3 Å². The number of carbonyl (C=O) groups excluding carboxylic acids is 1. The minimum Gasteiger partial charge on any atom is -0.493 e. The van der Waals surface area contributed by atoms with E-state index in [0.717, 1.165) is 17.8 Å². The molecule has 22 heavy (non-hydrogen) atoms. The zero-order valence-corrected chi connectivity index (χ0v) is 11.9. The average molecular weight is 321 g/mol. The van der Waals surface area contributed by atoms with Crippen molar-refractivity contribution in [3.05, 3.63) is 46.2 Å². The van der Waals surface area contributed by atoms with E-state index in [4.69, 9.17) is 5.11 Å². The highest BCUT2D eigenvalue weighted by molar-refractivity contribution is 7.99. The molecule has 0 aliphatic carbocycles.